The molecule has 3 atom stereocenters. The monoisotopic (exact) mass is 268 g/mol. The number of carbonyl (C=O) groups is 2. The van der Waals surface area contributed by atoms with E-state index in [1.807, 2.05) is 20.8 Å². The molecule has 2 rings (SSSR count). The van der Waals surface area contributed by atoms with Crippen LogP contribution in [0.25, 0.3) is 0 Å². The van der Waals surface area contributed by atoms with E-state index in [1.165, 1.54) is 0 Å². The van der Waals surface area contributed by atoms with Crippen molar-refractivity contribution in [1.82, 2.24) is 10.2 Å². The Bertz CT molecular complexity index is 364. The largest absolute Gasteiger partial charge is 0.379 e. The van der Waals surface area contributed by atoms with Gasteiger partial charge in [0.25, 0.3) is 0 Å². The van der Waals surface area contributed by atoms with E-state index in [0.717, 1.165) is 12.8 Å². The second kappa shape index (κ2) is 5.49. The fraction of sp³-hybridized carbons (Fsp3) is 0.857. The Balaban J connectivity index is 2.28. The van der Waals surface area contributed by atoms with E-state index in [2.05, 4.69) is 5.32 Å². The summed E-state index contributed by atoms with van der Waals surface area (Å²) in [4.78, 5) is 26.7. The highest BCUT2D eigenvalue weighted by atomic mass is 16.5. The Kier molecular flexibility index (Phi) is 4.13. The highest BCUT2D eigenvalue weighted by Crippen LogP contribution is 2.31. The molecular formula is C14H24N2O3. The molecule has 0 aromatic rings. The Morgan fingerprint density at radius 3 is 2.68 bits per heavy atom. The SMILES string of the molecule is CCCC1NC(=O)C(CC)N(C2(C)CCOC2)C1=O. The minimum atomic E-state index is -0.363. The van der Waals surface area contributed by atoms with Crippen molar-refractivity contribution in [1.29, 1.82) is 0 Å². The lowest BCUT2D eigenvalue weighted by molar-refractivity contribution is -0.157. The molecule has 1 N–H and O–H groups in total. The first-order chi connectivity index (χ1) is 9.03. The summed E-state index contributed by atoms with van der Waals surface area (Å²) >= 11 is 0. The quantitative estimate of drug-likeness (QED) is 0.829. The summed E-state index contributed by atoms with van der Waals surface area (Å²) < 4.78 is 5.46. The van der Waals surface area contributed by atoms with Gasteiger partial charge in [0.1, 0.15) is 12.1 Å². The molecule has 0 aliphatic carbocycles. The third kappa shape index (κ3) is 2.48. The summed E-state index contributed by atoms with van der Waals surface area (Å²) in [5, 5.41) is 2.87. The van der Waals surface area contributed by atoms with Gasteiger partial charge in [-0.1, -0.05) is 20.3 Å². The minimum Gasteiger partial charge on any atom is -0.379 e. The maximum Gasteiger partial charge on any atom is 0.246 e. The summed E-state index contributed by atoms with van der Waals surface area (Å²) in [6, 6.07) is -0.718. The van der Waals surface area contributed by atoms with Crippen LogP contribution in [-0.4, -0.2) is 47.6 Å². The zero-order valence-electron chi connectivity index (χ0n) is 12.1. The molecule has 2 amide bonds. The summed E-state index contributed by atoms with van der Waals surface area (Å²) in [5.41, 5.74) is -0.332. The maximum atomic E-state index is 12.7. The molecule has 0 radical (unpaired) electrons. The first kappa shape index (κ1) is 14.3. The van der Waals surface area contributed by atoms with Crippen LogP contribution in [-0.2, 0) is 14.3 Å². The van der Waals surface area contributed by atoms with Crippen LogP contribution in [0.5, 0.6) is 0 Å². The third-order valence-electron chi connectivity index (χ3n) is 4.21. The number of rotatable bonds is 4. The van der Waals surface area contributed by atoms with Crippen molar-refractivity contribution in [3.63, 3.8) is 0 Å². The van der Waals surface area contributed by atoms with Crippen molar-refractivity contribution in [3.05, 3.63) is 0 Å². The predicted octanol–water partition coefficient (Wildman–Crippen LogP) is 1.07. The smallest absolute Gasteiger partial charge is 0.246 e. The van der Waals surface area contributed by atoms with Gasteiger partial charge in [-0.15, -0.1) is 0 Å². The normalized spacial score (nSPS) is 35.6. The predicted molar refractivity (Wildman–Crippen MR) is 71.6 cm³/mol. The molecule has 2 aliphatic heterocycles. The molecule has 0 saturated carbocycles. The summed E-state index contributed by atoms with van der Waals surface area (Å²) in [7, 11) is 0. The number of hydrogen-bond acceptors (Lipinski definition) is 3. The lowest BCUT2D eigenvalue weighted by atomic mass is 9.91. The molecule has 19 heavy (non-hydrogen) atoms. The van der Waals surface area contributed by atoms with Crippen LogP contribution in [0.1, 0.15) is 46.5 Å². The van der Waals surface area contributed by atoms with Gasteiger partial charge in [0.05, 0.1) is 12.1 Å². The van der Waals surface area contributed by atoms with Crippen molar-refractivity contribution in [2.45, 2.75) is 64.1 Å². The fourth-order valence-electron chi connectivity index (χ4n) is 3.11. The number of nitrogens with zero attached hydrogens (tertiary/aromatic N) is 1. The van der Waals surface area contributed by atoms with Crippen LogP contribution in [0.15, 0.2) is 0 Å². The molecule has 5 nitrogen and oxygen atoms in total. The highest BCUT2D eigenvalue weighted by Gasteiger charge is 2.49. The second-order valence-electron chi connectivity index (χ2n) is 5.78. The number of amides is 2. The maximum absolute atomic E-state index is 12.7. The number of nitrogens with one attached hydrogen (secondary N) is 1. The van der Waals surface area contributed by atoms with E-state index in [4.69, 9.17) is 4.74 Å². The van der Waals surface area contributed by atoms with Crippen molar-refractivity contribution in [3.8, 4) is 0 Å². The molecule has 2 fully saturated rings. The van der Waals surface area contributed by atoms with Crippen LogP contribution in [0, 0.1) is 0 Å². The first-order valence-corrected chi connectivity index (χ1v) is 7.24. The lowest BCUT2D eigenvalue weighted by Gasteiger charge is -2.47. The van der Waals surface area contributed by atoms with Gasteiger partial charge in [-0.25, -0.2) is 0 Å². The van der Waals surface area contributed by atoms with Gasteiger partial charge in [-0.2, -0.15) is 0 Å². The molecular weight excluding hydrogens is 244 g/mol. The van der Waals surface area contributed by atoms with Gasteiger partial charge in [0.15, 0.2) is 0 Å². The Morgan fingerprint density at radius 2 is 2.16 bits per heavy atom. The van der Waals surface area contributed by atoms with Gasteiger partial charge in [-0.05, 0) is 26.2 Å². The number of hydrogen-bond donors (Lipinski definition) is 1. The van der Waals surface area contributed by atoms with Crippen molar-refractivity contribution >= 4 is 11.8 Å². The molecule has 3 unspecified atom stereocenters. The van der Waals surface area contributed by atoms with Crippen LogP contribution in [0.4, 0.5) is 0 Å². The van der Waals surface area contributed by atoms with E-state index in [1.54, 1.807) is 4.90 Å². The average Bonchev–Trinajstić information content (AvgIpc) is 2.81. The Morgan fingerprint density at radius 1 is 1.42 bits per heavy atom. The van der Waals surface area contributed by atoms with Gasteiger partial charge in [-0.3, -0.25) is 9.59 Å². The molecule has 0 aromatic carbocycles. The minimum absolute atomic E-state index is 0.0197. The molecule has 108 valence electrons. The van der Waals surface area contributed by atoms with Crippen LogP contribution in [0.2, 0.25) is 0 Å². The summed E-state index contributed by atoms with van der Waals surface area (Å²) in [6.45, 7) is 7.19. The summed E-state index contributed by atoms with van der Waals surface area (Å²) in [6.07, 6.45) is 3.04. The van der Waals surface area contributed by atoms with Gasteiger partial charge < -0.3 is 15.0 Å². The molecule has 0 spiro atoms. The first-order valence-electron chi connectivity index (χ1n) is 7.24. The van der Waals surface area contributed by atoms with Gasteiger partial charge in [0.2, 0.25) is 11.8 Å². The number of ether oxygens (including phenoxy) is 1. The van der Waals surface area contributed by atoms with E-state index < -0.39 is 0 Å². The molecule has 5 heteroatoms. The Hall–Kier alpha value is -1.10. The topological polar surface area (TPSA) is 58.6 Å². The second-order valence-corrected chi connectivity index (χ2v) is 5.78. The van der Waals surface area contributed by atoms with E-state index in [0.29, 0.717) is 26.1 Å². The van der Waals surface area contributed by atoms with Gasteiger partial charge >= 0.3 is 0 Å². The molecule has 2 heterocycles. The van der Waals surface area contributed by atoms with Crippen molar-refractivity contribution in [2.24, 2.45) is 0 Å². The van der Waals surface area contributed by atoms with Crippen molar-refractivity contribution in [2.75, 3.05) is 13.2 Å². The Labute approximate surface area is 114 Å². The zero-order valence-corrected chi connectivity index (χ0v) is 12.1. The van der Waals surface area contributed by atoms with Crippen LogP contribution >= 0.6 is 0 Å². The molecule has 2 saturated heterocycles. The van der Waals surface area contributed by atoms with E-state index in [-0.39, 0.29) is 29.4 Å². The van der Waals surface area contributed by atoms with Crippen LogP contribution < -0.4 is 5.32 Å². The standard InChI is InChI=1S/C14H24N2O3/c1-4-6-10-13(18)16(11(5-2)12(17)15-10)14(3)7-8-19-9-14/h10-11H,4-9H2,1-3H3,(H,15,17). The van der Waals surface area contributed by atoms with Crippen LogP contribution in [0.3, 0.4) is 0 Å². The fourth-order valence-corrected chi connectivity index (χ4v) is 3.11. The number of carbonyl (C=O) groups excluding carboxylic acids is 2. The van der Waals surface area contributed by atoms with E-state index >= 15 is 0 Å². The van der Waals surface area contributed by atoms with E-state index in [9.17, 15) is 9.59 Å². The lowest BCUT2D eigenvalue weighted by Crippen LogP contribution is -2.69. The molecule has 0 bridgehead atoms. The van der Waals surface area contributed by atoms with Gasteiger partial charge in [0, 0.05) is 6.61 Å². The summed E-state index contributed by atoms with van der Waals surface area (Å²) in [5.74, 6) is 0.0370. The highest BCUT2D eigenvalue weighted by molar-refractivity contribution is 5.97. The molecule has 0 aromatic heterocycles. The third-order valence-corrected chi connectivity index (χ3v) is 4.21. The van der Waals surface area contributed by atoms with Crippen molar-refractivity contribution < 1.29 is 14.3 Å². The number of piperazine rings is 1. The average molecular weight is 268 g/mol. The zero-order chi connectivity index (χ0) is 14.0. The molecule has 2 aliphatic rings.